The molecule has 6 heteroatoms. The van der Waals surface area contributed by atoms with Crippen molar-refractivity contribution in [1.82, 2.24) is 19.7 Å². The van der Waals surface area contributed by atoms with Crippen LogP contribution in [0.2, 0.25) is 0 Å². The van der Waals surface area contributed by atoms with Crippen molar-refractivity contribution in [3.8, 4) is 0 Å². The van der Waals surface area contributed by atoms with Gasteiger partial charge in [0.1, 0.15) is 12.0 Å². The van der Waals surface area contributed by atoms with Gasteiger partial charge in [0.05, 0.1) is 18.8 Å². The maximum atomic E-state index is 4.52. The quantitative estimate of drug-likeness (QED) is 0.535. The number of hydrogen-bond donors (Lipinski definition) is 0. The van der Waals surface area contributed by atoms with E-state index in [0.29, 0.717) is 0 Å². The highest BCUT2D eigenvalue weighted by molar-refractivity contribution is 6.88. The van der Waals surface area contributed by atoms with Crippen LogP contribution in [0.4, 0.5) is 0 Å². The molecule has 16 heavy (non-hydrogen) atoms. The van der Waals surface area contributed by atoms with E-state index in [4.69, 9.17) is 0 Å². The van der Waals surface area contributed by atoms with Gasteiger partial charge in [-0.3, -0.25) is 0 Å². The van der Waals surface area contributed by atoms with Gasteiger partial charge in [-0.05, 0) is 12.5 Å². The molecule has 2 rings (SSSR count). The second-order valence-electron chi connectivity index (χ2n) is 3.51. The Hall–Kier alpha value is -1.84. The van der Waals surface area contributed by atoms with Crippen molar-refractivity contribution in [2.24, 2.45) is 0 Å². The zero-order valence-corrected chi connectivity index (χ0v) is 9.51. The van der Waals surface area contributed by atoms with Crippen LogP contribution in [-0.2, 0) is 0 Å². The van der Waals surface area contributed by atoms with Crippen LogP contribution in [0.3, 0.4) is 0 Å². The molecule has 0 spiro atoms. The Morgan fingerprint density at radius 3 is 3.12 bits per heavy atom. The molecular weight excluding hydrogens is 198 g/mol. The van der Waals surface area contributed by atoms with Crippen LogP contribution in [-0.4, -0.2) is 34.7 Å². The first kappa shape index (κ1) is 10.7. The minimum absolute atomic E-state index is 0.800. The average molecular weight is 210 g/mol. The van der Waals surface area contributed by atoms with Crippen molar-refractivity contribution in [3.63, 3.8) is 0 Å². The van der Waals surface area contributed by atoms with Crippen LogP contribution in [0.15, 0.2) is 31.3 Å². The first-order chi connectivity index (χ1) is 7.77. The first-order valence-electron chi connectivity index (χ1n) is 5.24. The monoisotopic (exact) mass is 210 g/mol. The van der Waals surface area contributed by atoms with Crippen molar-refractivity contribution in [3.05, 3.63) is 36.9 Å². The summed E-state index contributed by atoms with van der Waals surface area (Å²) in [6.07, 6.45) is 7.05. The molecule has 0 bridgehead atoms. The Kier molecular flexibility index (Phi) is 2.90. The van der Waals surface area contributed by atoms with Gasteiger partial charge in [0.25, 0.3) is 0 Å². The summed E-state index contributed by atoms with van der Waals surface area (Å²) in [6, 6.07) is 0. The smallest absolute Gasteiger partial charge is 0.225 e. The molecule has 0 atom stereocenters. The predicted octanol–water partition coefficient (Wildman–Crippen LogP) is 0.163. The maximum Gasteiger partial charge on any atom is 0.225 e. The highest BCUT2D eigenvalue weighted by Crippen LogP contribution is 2.21. The molecule has 2 heterocycles. The van der Waals surface area contributed by atoms with E-state index in [2.05, 4.69) is 21.6 Å². The van der Waals surface area contributed by atoms with Gasteiger partial charge in [-0.15, -0.1) is 0 Å². The molecule has 0 unspecified atom stereocenters. The zero-order chi connectivity index (χ0) is 11.5. The van der Waals surface area contributed by atoms with Crippen LogP contribution in [0.25, 0.3) is 16.6 Å². The Morgan fingerprint density at radius 2 is 2.44 bits per heavy atom. The van der Waals surface area contributed by atoms with Gasteiger partial charge in [0.2, 0.25) is 7.31 Å². The molecule has 0 aromatic carbocycles. The third-order valence-corrected chi connectivity index (χ3v) is 2.45. The molecule has 4 nitrogen and oxygen atoms in total. The lowest BCUT2D eigenvalue weighted by atomic mass is 9.67. The second kappa shape index (κ2) is 4.35. The molecule has 0 radical (unpaired) electrons. The van der Waals surface area contributed by atoms with E-state index >= 15 is 0 Å². The number of rotatable bonds is 3. The third kappa shape index (κ3) is 1.66. The van der Waals surface area contributed by atoms with Gasteiger partial charge >= 0.3 is 0 Å². The lowest BCUT2D eigenvalue weighted by Gasteiger charge is -1.94. The summed E-state index contributed by atoms with van der Waals surface area (Å²) in [7, 11) is 2.85. The number of hydrogen-bond acceptors (Lipinski definition) is 3. The van der Waals surface area contributed by atoms with E-state index in [-0.39, 0.29) is 0 Å². The van der Waals surface area contributed by atoms with E-state index in [9.17, 15) is 0 Å². The molecule has 0 fully saturated rings. The highest BCUT2D eigenvalue weighted by Gasteiger charge is 2.11. The Bertz CT molecular complexity index is 559. The summed E-state index contributed by atoms with van der Waals surface area (Å²) in [5, 5.41) is 5.51. The summed E-state index contributed by atoms with van der Waals surface area (Å²) < 4.78 is 1.88. The van der Waals surface area contributed by atoms with Gasteiger partial charge in [-0.2, -0.15) is 5.10 Å². The minimum atomic E-state index is 0.800. The molecule has 0 saturated carbocycles. The fourth-order valence-corrected chi connectivity index (χ4v) is 1.69. The van der Waals surface area contributed by atoms with Crippen molar-refractivity contribution >= 4 is 31.6 Å². The first-order valence-corrected chi connectivity index (χ1v) is 5.24. The van der Waals surface area contributed by atoms with Crippen molar-refractivity contribution in [2.45, 2.75) is 6.92 Å². The van der Waals surface area contributed by atoms with Crippen LogP contribution in [0.5, 0.6) is 0 Å². The minimum Gasteiger partial charge on any atom is -0.309 e. The van der Waals surface area contributed by atoms with Gasteiger partial charge in [0.15, 0.2) is 0 Å². The summed E-state index contributed by atoms with van der Waals surface area (Å²) in [6.45, 7) is 5.70. The average Bonchev–Trinajstić information content (AvgIpc) is 2.68. The summed E-state index contributed by atoms with van der Waals surface area (Å²) in [5.74, 6) is 0. The van der Waals surface area contributed by atoms with E-state index in [0.717, 1.165) is 29.6 Å². The lowest BCUT2D eigenvalue weighted by molar-refractivity contribution is 0.984. The van der Waals surface area contributed by atoms with Crippen molar-refractivity contribution in [2.75, 3.05) is 0 Å². The number of nitrogens with zero attached hydrogens (tertiary/aromatic N) is 4. The Balaban J connectivity index is 2.71. The summed E-state index contributed by atoms with van der Waals surface area (Å²) in [4.78, 5) is 8.30. The van der Waals surface area contributed by atoms with E-state index in [1.54, 1.807) is 18.6 Å². The van der Waals surface area contributed by atoms with Gasteiger partial charge in [-0.1, -0.05) is 18.7 Å². The molecule has 0 saturated heterocycles. The standard InChI is InChI=1S/C10H12B2N4/c1-3-4-7(2)9-8-5-13-6-14-10(8)16(12-11)15-9/h3-6,12H,1,11H2,2H3/b7-4+. The van der Waals surface area contributed by atoms with Crippen LogP contribution in [0.1, 0.15) is 12.6 Å². The summed E-state index contributed by atoms with van der Waals surface area (Å²) in [5.41, 5.74) is 2.88. The zero-order valence-electron chi connectivity index (χ0n) is 9.51. The number of fused-ring (bicyclic) bond motifs is 1. The van der Waals surface area contributed by atoms with Crippen LogP contribution >= 0.6 is 0 Å². The van der Waals surface area contributed by atoms with E-state index in [1.165, 1.54) is 0 Å². The molecule has 2 aromatic rings. The Morgan fingerprint density at radius 1 is 1.62 bits per heavy atom. The molecular formula is C10H12B2N4. The SMILES string of the molecule is BBn1nc(/C(C)=C/C=C)c2cncnc21. The van der Waals surface area contributed by atoms with Gasteiger partial charge < -0.3 is 4.59 Å². The molecule has 0 aliphatic carbocycles. The largest absolute Gasteiger partial charge is 0.309 e. The normalized spacial score (nSPS) is 11.7. The van der Waals surface area contributed by atoms with E-state index in [1.807, 2.05) is 25.3 Å². The van der Waals surface area contributed by atoms with Crippen molar-refractivity contribution < 1.29 is 0 Å². The molecule has 78 valence electrons. The molecule has 0 aliphatic heterocycles. The topological polar surface area (TPSA) is 43.6 Å². The van der Waals surface area contributed by atoms with Crippen molar-refractivity contribution in [1.29, 1.82) is 0 Å². The van der Waals surface area contributed by atoms with Crippen LogP contribution < -0.4 is 0 Å². The predicted molar refractivity (Wildman–Crippen MR) is 70.3 cm³/mol. The molecule has 0 aliphatic rings. The van der Waals surface area contributed by atoms with E-state index < -0.39 is 0 Å². The fraction of sp³-hybridized carbons (Fsp3) is 0.100. The number of allylic oxidation sites excluding steroid dienone is 3. The second-order valence-corrected chi connectivity index (χ2v) is 3.51. The molecule has 2 aromatic heterocycles. The van der Waals surface area contributed by atoms with Gasteiger partial charge in [0, 0.05) is 6.20 Å². The van der Waals surface area contributed by atoms with Crippen LogP contribution in [0, 0.1) is 0 Å². The number of aromatic nitrogens is 4. The maximum absolute atomic E-state index is 4.52. The molecule has 0 N–H and O–H groups in total. The summed E-state index contributed by atoms with van der Waals surface area (Å²) >= 11 is 0. The van der Waals surface area contributed by atoms with Gasteiger partial charge in [-0.25, -0.2) is 9.97 Å². The highest BCUT2D eigenvalue weighted by atomic mass is 15.3. The lowest BCUT2D eigenvalue weighted by Crippen LogP contribution is -2.08. The molecule has 0 amide bonds. The third-order valence-electron chi connectivity index (χ3n) is 2.45. The fourth-order valence-electron chi connectivity index (χ4n) is 1.69. The Labute approximate surface area is 95.7 Å².